The first-order valence-electron chi connectivity index (χ1n) is 8.25. The van der Waals surface area contributed by atoms with Crippen molar-refractivity contribution in [1.29, 1.82) is 0 Å². The van der Waals surface area contributed by atoms with Crippen LogP contribution >= 0.6 is 0 Å². The van der Waals surface area contributed by atoms with Crippen LogP contribution in [0.3, 0.4) is 0 Å². The molecule has 0 amide bonds. The van der Waals surface area contributed by atoms with Crippen LogP contribution in [-0.4, -0.2) is 47.3 Å². The van der Waals surface area contributed by atoms with E-state index in [0.717, 1.165) is 18.5 Å². The second-order valence-corrected chi connectivity index (χ2v) is 7.49. The average molecular weight is 266 g/mol. The highest BCUT2D eigenvalue weighted by Crippen LogP contribution is 2.43. The molecule has 0 saturated heterocycles. The Labute approximate surface area is 117 Å². The number of hydrogen-bond donors (Lipinski definition) is 2. The quantitative estimate of drug-likeness (QED) is 0.670. The molecule has 0 aromatic rings. The van der Waals surface area contributed by atoms with Crippen LogP contribution in [0.4, 0.5) is 0 Å². The molecule has 0 spiro atoms. The molecule has 0 bridgehead atoms. The first-order valence-corrected chi connectivity index (χ1v) is 8.25. The van der Waals surface area contributed by atoms with E-state index in [-0.39, 0.29) is 5.54 Å². The lowest BCUT2D eigenvalue weighted by atomic mass is 9.92. The number of aliphatic hydroxyl groups is 1. The second kappa shape index (κ2) is 5.34. The molecule has 1 unspecified atom stereocenters. The van der Waals surface area contributed by atoms with Gasteiger partial charge in [-0.1, -0.05) is 13.8 Å². The van der Waals surface area contributed by atoms with Gasteiger partial charge in [0.2, 0.25) is 0 Å². The van der Waals surface area contributed by atoms with Crippen LogP contribution in [0.5, 0.6) is 0 Å². The monoisotopic (exact) mass is 266 g/mol. The lowest BCUT2D eigenvalue weighted by Gasteiger charge is -2.40. The fourth-order valence-corrected chi connectivity index (χ4v) is 3.51. The molecule has 0 aliphatic heterocycles. The molecule has 0 aromatic heterocycles. The van der Waals surface area contributed by atoms with Gasteiger partial charge in [-0.25, -0.2) is 0 Å². The zero-order chi connectivity index (χ0) is 13.5. The van der Waals surface area contributed by atoms with Crippen molar-refractivity contribution in [3.8, 4) is 0 Å². The maximum atomic E-state index is 10.0. The van der Waals surface area contributed by atoms with Crippen molar-refractivity contribution in [2.45, 2.75) is 70.0 Å². The number of hydrogen-bond acceptors (Lipinski definition) is 3. The van der Waals surface area contributed by atoms with Crippen LogP contribution in [0.25, 0.3) is 0 Å². The Bertz CT molecular complexity index is 308. The third-order valence-corrected chi connectivity index (χ3v) is 4.96. The zero-order valence-corrected chi connectivity index (χ0v) is 12.6. The summed E-state index contributed by atoms with van der Waals surface area (Å²) in [4.78, 5) is 2.70. The summed E-state index contributed by atoms with van der Waals surface area (Å²) in [5, 5.41) is 13.8. The number of rotatable bonds is 9. The van der Waals surface area contributed by atoms with Crippen LogP contribution < -0.4 is 5.32 Å². The summed E-state index contributed by atoms with van der Waals surface area (Å²) in [5.41, 5.74) is -0.0361. The molecule has 1 atom stereocenters. The molecule has 3 fully saturated rings. The summed E-state index contributed by atoms with van der Waals surface area (Å²) in [6.45, 7) is 7.04. The molecule has 0 radical (unpaired) electrons. The fourth-order valence-electron chi connectivity index (χ4n) is 3.51. The van der Waals surface area contributed by atoms with Crippen LogP contribution in [0.15, 0.2) is 0 Å². The van der Waals surface area contributed by atoms with E-state index in [1.165, 1.54) is 45.1 Å². The van der Waals surface area contributed by atoms with Crippen LogP contribution in [0, 0.1) is 11.8 Å². The second-order valence-electron chi connectivity index (χ2n) is 7.49. The highest BCUT2D eigenvalue weighted by atomic mass is 16.3. The topological polar surface area (TPSA) is 35.5 Å². The average Bonchev–Trinajstić information content (AvgIpc) is 3.23. The normalized spacial score (nSPS) is 27.0. The molecule has 3 saturated carbocycles. The van der Waals surface area contributed by atoms with Gasteiger partial charge in [0.1, 0.15) is 0 Å². The molecule has 0 aromatic carbocycles. The van der Waals surface area contributed by atoms with Crippen LogP contribution in [0.2, 0.25) is 0 Å². The summed E-state index contributed by atoms with van der Waals surface area (Å²) in [6, 6.07) is 1.27. The van der Waals surface area contributed by atoms with Crippen molar-refractivity contribution in [2.75, 3.05) is 19.7 Å². The standard InChI is InChI=1S/C16H30N2O/c1-12(2)17-16(11-19,14-5-6-14)10-18(15-7-8-15)9-13-3-4-13/h12-15,17,19H,3-11H2,1-2H3. The molecule has 19 heavy (non-hydrogen) atoms. The van der Waals surface area contributed by atoms with E-state index in [0.29, 0.717) is 18.6 Å². The maximum Gasteiger partial charge on any atom is 0.0628 e. The Morgan fingerprint density at radius 3 is 2.26 bits per heavy atom. The maximum absolute atomic E-state index is 10.0. The van der Waals surface area contributed by atoms with Crippen molar-refractivity contribution in [3.63, 3.8) is 0 Å². The predicted molar refractivity (Wildman–Crippen MR) is 78.1 cm³/mol. The molecule has 3 heteroatoms. The first kappa shape index (κ1) is 13.8. The van der Waals surface area contributed by atoms with Gasteiger partial charge in [-0.3, -0.25) is 4.90 Å². The summed E-state index contributed by atoms with van der Waals surface area (Å²) >= 11 is 0. The Hall–Kier alpha value is -0.120. The molecule has 2 N–H and O–H groups in total. The van der Waals surface area contributed by atoms with Crippen LogP contribution in [-0.2, 0) is 0 Å². The van der Waals surface area contributed by atoms with Crippen molar-refractivity contribution in [1.82, 2.24) is 10.2 Å². The van der Waals surface area contributed by atoms with E-state index in [4.69, 9.17) is 0 Å². The smallest absolute Gasteiger partial charge is 0.0628 e. The lowest BCUT2D eigenvalue weighted by Crippen LogP contribution is -2.60. The minimum atomic E-state index is -0.0361. The molecule has 3 nitrogen and oxygen atoms in total. The van der Waals surface area contributed by atoms with E-state index in [1.807, 2.05) is 0 Å². The van der Waals surface area contributed by atoms with Crippen molar-refractivity contribution in [3.05, 3.63) is 0 Å². The van der Waals surface area contributed by atoms with Gasteiger partial charge in [0.25, 0.3) is 0 Å². The molecule has 0 heterocycles. The molecule has 3 aliphatic carbocycles. The Kier molecular flexibility index (Phi) is 3.89. The summed E-state index contributed by atoms with van der Waals surface area (Å²) in [7, 11) is 0. The van der Waals surface area contributed by atoms with E-state index in [1.54, 1.807) is 0 Å². The van der Waals surface area contributed by atoms with Gasteiger partial charge in [0.15, 0.2) is 0 Å². The van der Waals surface area contributed by atoms with E-state index >= 15 is 0 Å². The Morgan fingerprint density at radius 2 is 1.84 bits per heavy atom. The fraction of sp³-hybridized carbons (Fsp3) is 1.00. The minimum absolute atomic E-state index is 0.0361. The Balaban J connectivity index is 1.66. The Morgan fingerprint density at radius 1 is 1.16 bits per heavy atom. The SMILES string of the molecule is CC(C)NC(CO)(CN(CC1CC1)C1CC1)C1CC1. The summed E-state index contributed by atoms with van der Waals surface area (Å²) < 4.78 is 0. The van der Waals surface area contributed by atoms with Gasteiger partial charge in [0.05, 0.1) is 12.1 Å². The minimum Gasteiger partial charge on any atom is -0.394 e. The van der Waals surface area contributed by atoms with Gasteiger partial charge in [-0.05, 0) is 50.4 Å². The lowest BCUT2D eigenvalue weighted by molar-refractivity contribution is 0.0779. The molecular formula is C16H30N2O. The zero-order valence-electron chi connectivity index (χ0n) is 12.6. The number of nitrogens with zero attached hydrogens (tertiary/aromatic N) is 1. The van der Waals surface area contributed by atoms with Gasteiger partial charge >= 0.3 is 0 Å². The third kappa shape index (κ3) is 3.50. The van der Waals surface area contributed by atoms with Crippen LogP contribution in [0.1, 0.15) is 52.4 Å². The van der Waals surface area contributed by atoms with Gasteiger partial charge in [-0.2, -0.15) is 0 Å². The summed E-state index contributed by atoms with van der Waals surface area (Å²) in [6.07, 6.45) is 8.19. The molecular weight excluding hydrogens is 236 g/mol. The van der Waals surface area contributed by atoms with Crippen molar-refractivity contribution >= 4 is 0 Å². The van der Waals surface area contributed by atoms with E-state index < -0.39 is 0 Å². The van der Waals surface area contributed by atoms with E-state index in [9.17, 15) is 5.11 Å². The predicted octanol–water partition coefficient (Wildman–Crippen LogP) is 2.00. The molecule has 3 rings (SSSR count). The van der Waals surface area contributed by atoms with Crippen molar-refractivity contribution < 1.29 is 5.11 Å². The van der Waals surface area contributed by atoms with Gasteiger partial charge < -0.3 is 10.4 Å². The summed E-state index contributed by atoms with van der Waals surface area (Å²) in [5.74, 6) is 1.65. The number of nitrogens with one attached hydrogen (secondary N) is 1. The van der Waals surface area contributed by atoms with Gasteiger partial charge in [0, 0.05) is 25.2 Å². The highest BCUT2D eigenvalue weighted by molar-refractivity contribution is 5.05. The molecule has 110 valence electrons. The first-order chi connectivity index (χ1) is 9.13. The molecule has 3 aliphatic rings. The third-order valence-electron chi connectivity index (χ3n) is 4.96. The highest BCUT2D eigenvalue weighted by Gasteiger charge is 2.48. The van der Waals surface area contributed by atoms with Crippen molar-refractivity contribution in [2.24, 2.45) is 11.8 Å². The van der Waals surface area contributed by atoms with Gasteiger partial charge in [-0.15, -0.1) is 0 Å². The van der Waals surface area contributed by atoms with E-state index in [2.05, 4.69) is 24.1 Å². The number of aliphatic hydroxyl groups excluding tert-OH is 1. The largest absolute Gasteiger partial charge is 0.394 e.